The summed E-state index contributed by atoms with van der Waals surface area (Å²) in [7, 11) is 2.05. The lowest BCUT2D eigenvalue weighted by Crippen LogP contribution is -2.47. The number of hydrogen-bond donors (Lipinski definition) is 1. The van der Waals surface area contributed by atoms with Gasteiger partial charge in [-0.05, 0) is 25.0 Å². The molecule has 1 aromatic heterocycles. The lowest BCUT2D eigenvalue weighted by atomic mass is 10.1. The minimum Gasteiger partial charge on any atom is -0.379 e. The highest BCUT2D eigenvalue weighted by molar-refractivity contribution is 5.84. The highest BCUT2D eigenvalue weighted by Gasteiger charge is 2.17. The van der Waals surface area contributed by atoms with Crippen LogP contribution in [0, 0.1) is 0 Å². The van der Waals surface area contributed by atoms with E-state index in [1.165, 1.54) is 16.5 Å². The number of morpholine rings is 1. The van der Waals surface area contributed by atoms with Gasteiger partial charge in [0, 0.05) is 56.2 Å². The van der Waals surface area contributed by atoms with Crippen LogP contribution >= 0.6 is 0 Å². The maximum absolute atomic E-state index is 12.2. The van der Waals surface area contributed by atoms with Crippen LogP contribution in [-0.4, -0.2) is 54.3 Å². The van der Waals surface area contributed by atoms with Gasteiger partial charge in [-0.3, -0.25) is 9.69 Å². The van der Waals surface area contributed by atoms with Crippen LogP contribution in [0.3, 0.4) is 0 Å². The van der Waals surface area contributed by atoms with Crippen LogP contribution in [0.1, 0.15) is 18.9 Å². The molecular weight excluding hydrogens is 302 g/mol. The van der Waals surface area contributed by atoms with Crippen LogP contribution in [0.2, 0.25) is 0 Å². The number of carbonyl (C=O) groups is 1. The summed E-state index contributed by atoms with van der Waals surface area (Å²) >= 11 is 0. The third-order valence-corrected chi connectivity index (χ3v) is 4.86. The fraction of sp³-hybridized carbons (Fsp3) is 0.526. The SMILES string of the molecule is C[C@H](CNC(=O)CCc1cn(C)c2ccccc12)N1CCOCC1. The predicted octanol–water partition coefficient (Wildman–Crippen LogP) is 1.95. The molecule has 1 aliphatic rings. The molecule has 0 aliphatic carbocycles. The average Bonchev–Trinajstić information content (AvgIpc) is 2.95. The molecule has 5 heteroatoms. The first-order chi connectivity index (χ1) is 11.6. The van der Waals surface area contributed by atoms with Gasteiger partial charge in [0.1, 0.15) is 0 Å². The minimum atomic E-state index is 0.128. The van der Waals surface area contributed by atoms with Crippen molar-refractivity contribution in [3.05, 3.63) is 36.0 Å². The molecule has 1 atom stereocenters. The van der Waals surface area contributed by atoms with Gasteiger partial charge in [-0.1, -0.05) is 18.2 Å². The number of carbonyl (C=O) groups excluding carboxylic acids is 1. The van der Waals surface area contributed by atoms with Crippen molar-refractivity contribution in [3.8, 4) is 0 Å². The lowest BCUT2D eigenvalue weighted by Gasteiger charge is -2.32. The summed E-state index contributed by atoms with van der Waals surface area (Å²) in [5.74, 6) is 0.128. The van der Waals surface area contributed by atoms with Gasteiger partial charge in [0.2, 0.25) is 5.91 Å². The Balaban J connectivity index is 1.48. The Morgan fingerprint density at radius 2 is 2.04 bits per heavy atom. The van der Waals surface area contributed by atoms with E-state index in [4.69, 9.17) is 4.74 Å². The van der Waals surface area contributed by atoms with E-state index in [1.54, 1.807) is 0 Å². The van der Waals surface area contributed by atoms with Crippen LogP contribution < -0.4 is 5.32 Å². The van der Waals surface area contributed by atoms with Crippen LogP contribution in [0.5, 0.6) is 0 Å². The number of nitrogens with one attached hydrogen (secondary N) is 1. The summed E-state index contributed by atoms with van der Waals surface area (Å²) in [5.41, 5.74) is 2.46. The van der Waals surface area contributed by atoms with Crippen molar-refractivity contribution in [2.24, 2.45) is 7.05 Å². The summed E-state index contributed by atoms with van der Waals surface area (Å²) in [6, 6.07) is 8.70. The van der Waals surface area contributed by atoms with Crippen molar-refractivity contribution in [3.63, 3.8) is 0 Å². The lowest BCUT2D eigenvalue weighted by molar-refractivity contribution is -0.121. The molecule has 2 aromatic rings. The summed E-state index contributed by atoms with van der Waals surface area (Å²) in [4.78, 5) is 14.6. The molecule has 1 fully saturated rings. The van der Waals surface area contributed by atoms with E-state index in [1.807, 2.05) is 6.07 Å². The molecule has 24 heavy (non-hydrogen) atoms. The molecule has 0 unspecified atom stereocenters. The third-order valence-electron chi connectivity index (χ3n) is 4.86. The Morgan fingerprint density at radius 3 is 2.83 bits per heavy atom. The molecule has 5 nitrogen and oxygen atoms in total. The zero-order valence-electron chi connectivity index (χ0n) is 14.6. The zero-order valence-corrected chi connectivity index (χ0v) is 14.6. The summed E-state index contributed by atoms with van der Waals surface area (Å²) in [6.45, 7) is 6.35. The van der Waals surface area contributed by atoms with Crippen molar-refractivity contribution in [2.75, 3.05) is 32.8 Å². The van der Waals surface area contributed by atoms with Crippen LogP contribution in [0.15, 0.2) is 30.5 Å². The van der Waals surface area contributed by atoms with Gasteiger partial charge >= 0.3 is 0 Å². The molecule has 1 saturated heterocycles. The van der Waals surface area contributed by atoms with E-state index in [9.17, 15) is 4.79 Å². The van der Waals surface area contributed by atoms with Crippen molar-refractivity contribution in [1.82, 2.24) is 14.8 Å². The Kier molecular flexibility index (Phi) is 5.53. The summed E-state index contributed by atoms with van der Waals surface area (Å²) in [5, 5.41) is 4.32. The maximum Gasteiger partial charge on any atom is 0.220 e. The number of aryl methyl sites for hydroxylation is 2. The van der Waals surface area contributed by atoms with Crippen LogP contribution in [0.25, 0.3) is 10.9 Å². The standard InChI is InChI=1S/C19H27N3O2/c1-15(22-9-11-24-12-10-22)13-20-19(23)8-7-16-14-21(2)18-6-4-3-5-17(16)18/h3-6,14-15H,7-13H2,1-2H3,(H,20,23)/t15-/m1/s1. The van der Waals surface area contributed by atoms with E-state index < -0.39 is 0 Å². The fourth-order valence-corrected chi connectivity index (χ4v) is 3.37. The largest absolute Gasteiger partial charge is 0.379 e. The first kappa shape index (κ1) is 17.0. The Morgan fingerprint density at radius 1 is 1.29 bits per heavy atom. The summed E-state index contributed by atoms with van der Waals surface area (Å²) in [6.07, 6.45) is 3.44. The number of benzene rings is 1. The molecule has 1 aromatic carbocycles. The number of para-hydroxylation sites is 1. The quantitative estimate of drug-likeness (QED) is 0.881. The van der Waals surface area contributed by atoms with Crippen molar-refractivity contribution >= 4 is 16.8 Å². The molecule has 3 rings (SSSR count). The molecule has 0 spiro atoms. The molecule has 1 aliphatic heterocycles. The van der Waals surface area contributed by atoms with E-state index in [2.05, 4.69) is 53.2 Å². The number of amides is 1. The monoisotopic (exact) mass is 329 g/mol. The van der Waals surface area contributed by atoms with Crippen LogP contribution in [-0.2, 0) is 23.0 Å². The number of aromatic nitrogens is 1. The second kappa shape index (κ2) is 7.81. The topological polar surface area (TPSA) is 46.5 Å². The Labute approximate surface area is 143 Å². The molecule has 1 N–H and O–H groups in total. The molecule has 0 bridgehead atoms. The molecule has 0 radical (unpaired) electrons. The number of fused-ring (bicyclic) bond motifs is 1. The molecule has 130 valence electrons. The van der Waals surface area contributed by atoms with E-state index in [0.717, 1.165) is 32.7 Å². The summed E-state index contributed by atoms with van der Waals surface area (Å²) < 4.78 is 7.50. The number of nitrogens with zero attached hydrogens (tertiary/aromatic N) is 2. The second-order valence-electron chi connectivity index (χ2n) is 6.58. The zero-order chi connectivity index (χ0) is 16.9. The van der Waals surface area contributed by atoms with E-state index in [-0.39, 0.29) is 5.91 Å². The third kappa shape index (κ3) is 3.97. The van der Waals surface area contributed by atoms with Gasteiger partial charge in [0.05, 0.1) is 13.2 Å². The minimum absolute atomic E-state index is 0.128. The molecule has 0 saturated carbocycles. The predicted molar refractivity (Wildman–Crippen MR) is 96.1 cm³/mol. The van der Waals surface area contributed by atoms with Gasteiger partial charge in [0.25, 0.3) is 0 Å². The van der Waals surface area contributed by atoms with Crippen molar-refractivity contribution in [2.45, 2.75) is 25.8 Å². The van der Waals surface area contributed by atoms with Crippen molar-refractivity contribution < 1.29 is 9.53 Å². The van der Waals surface area contributed by atoms with Gasteiger partial charge in [-0.2, -0.15) is 0 Å². The van der Waals surface area contributed by atoms with Crippen LogP contribution in [0.4, 0.5) is 0 Å². The highest BCUT2D eigenvalue weighted by atomic mass is 16.5. The maximum atomic E-state index is 12.2. The normalized spacial score (nSPS) is 17.1. The van der Waals surface area contributed by atoms with Gasteiger partial charge in [-0.15, -0.1) is 0 Å². The number of rotatable bonds is 6. The number of hydrogen-bond acceptors (Lipinski definition) is 3. The fourth-order valence-electron chi connectivity index (χ4n) is 3.37. The number of ether oxygens (including phenoxy) is 1. The highest BCUT2D eigenvalue weighted by Crippen LogP contribution is 2.21. The van der Waals surface area contributed by atoms with E-state index in [0.29, 0.717) is 19.0 Å². The molecule has 2 heterocycles. The second-order valence-corrected chi connectivity index (χ2v) is 6.58. The van der Waals surface area contributed by atoms with Gasteiger partial charge in [-0.25, -0.2) is 0 Å². The van der Waals surface area contributed by atoms with E-state index >= 15 is 0 Å². The van der Waals surface area contributed by atoms with Gasteiger partial charge in [0.15, 0.2) is 0 Å². The van der Waals surface area contributed by atoms with Crippen molar-refractivity contribution in [1.29, 1.82) is 0 Å². The first-order valence-corrected chi connectivity index (χ1v) is 8.76. The molecule has 1 amide bonds. The smallest absolute Gasteiger partial charge is 0.220 e. The Hall–Kier alpha value is -1.85. The average molecular weight is 329 g/mol. The first-order valence-electron chi connectivity index (χ1n) is 8.76. The molecular formula is C19H27N3O2. The Bertz CT molecular complexity index is 689. The van der Waals surface area contributed by atoms with Gasteiger partial charge < -0.3 is 14.6 Å².